The van der Waals surface area contributed by atoms with Crippen LogP contribution in [0, 0.1) is 0 Å². The fourth-order valence-electron chi connectivity index (χ4n) is 2.06. The molecule has 0 fully saturated rings. The molecule has 1 aromatic carbocycles. The molecule has 0 bridgehead atoms. The number of nitrogens with zero attached hydrogens (tertiary/aromatic N) is 1. The Balaban J connectivity index is 0.00000338. The first-order chi connectivity index (χ1) is 12.0. The van der Waals surface area contributed by atoms with E-state index in [0.29, 0.717) is 30.9 Å². The summed E-state index contributed by atoms with van der Waals surface area (Å²) in [4.78, 5) is 28.0. The summed E-state index contributed by atoms with van der Waals surface area (Å²) in [5, 5.41) is 10.9. The molecule has 2 aromatic rings. The zero-order valence-corrected chi connectivity index (χ0v) is 16.4. The molecule has 1 aromatic heterocycles. The molecule has 7 nitrogen and oxygen atoms in total. The minimum Gasteiger partial charge on any atom is -0.347 e. The van der Waals surface area contributed by atoms with Crippen molar-refractivity contribution in [3.8, 4) is 0 Å². The number of nitrogens with two attached hydrogens (primary N) is 1. The van der Waals surface area contributed by atoms with Crippen LogP contribution in [0.1, 0.15) is 34.9 Å². The lowest BCUT2D eigenvalue weighted by molar-refractivity contribution is 0.0946. The van der Waals surface area contributed by atoms with Crippen LogP contribution in [0.15, 0.2) is 29.6 Å². The monoisotopic (exact) mass is 397 g/mol. The van der Waals surface area contributed by atoms with Crippen LogP contribution in [-0.2, 0) is 13.0 Å². The second kappa shape index (κ2) is 10.7. The number of rotatable bonds is 7. The number of carbonyl (C=O) groups is 2. The summed E-state index contributed by atoms with van der Waals surface area (Å²) in [5.41, 5.74) is 7.52. The number of hydrogen-bond acceptors (Lipinski definition) is 5. The fraction of sp³-hybridized carbons (Fsp3) is 0.353. The van der Waals surface area contributed by atoms with Gasteiger partial charge in [-0.25, -0.2) is 9.78 Å². The standard InChI is InChI=1S/C17H23N5O2S.ClH/c1-11(2)20-17(24)21-13-5-3-12(4-6-13)9-19-16(23)14-10-25-15(22-14)7-8-18;/h3-6,10-11H,7-9,18H2,1-2H3,(H,19,23)(H2,20,21,24);1H. The highest BCUT2D eigenvalue weighted by Crippen LogP contribution is 2.12. The van der Waals surface area contributed by atoms with Gasteiger partial charge in [-0.05, 0) is 38.1 Å². The molecule has 0 saturated heterocycles. The second-order valence-electron chi connectivity index (χ2n) is 5.80. The number of benzene rings is 1. The Morgan fingerprint density at radius 3 is 2.54 bits per heavy atom. The Morgan fingerprint density at radius 1 is 1.23 bits per heavy atom. The number of halogens is 1. The van der Waals surface area contributed by atoms with Gasteiger partial charge < -0.3 is 21.7 Å². The first-order valence-electron chi connectivity index (χ1n) is 8.07. The van der Waals surface area contributed by atoms with Crippen molar-refractivity contribution in [1.29, 1.82) is 0 Å². The number of thiazole rings is 1. The van der Waals surface area contributed by atoms with Gasteiger partial charge >= 0.3 is 6.03 Å². The molecule has 9 heteroatoms. The van der Waals surface area contributed by atoms with Crippen molar-refractivity contribution in [3.63, 3.8) is 0 Å². The molecule has 0 radical (unpaired) electrons. The maximum absolute atomic E-state index is 12.1. The molecule has 0 saturated carbocycles. The summed E-state index contributed by atoms with van der Waals surface area (Å²) in [6, 6.07) is 7.13. The lowest BCUT2D eigenvalue weighted by Gasteiger charge is -2.10. The highest BCUT2D eigenvalue weighted by atomic mass is 35.5. The summed E-state index contributed by atoms with van der Waals surface area (Å²) >= 11 is 1.44. The minimum absolute atomic E-state index is 0. The largest absolute Gasteiger partial charge is 0.347 e. The molecule has 5 N–H and O–H groups in total. The number of amides is 3. The molecule has 26 heavy (non-hydrogen) atoms. The van der Waals surface area contributed by atoms with Gasteiger partial charge in [-0.15, -0.1) is 23.7 Å². The molecular weight excluding hydrogens is 374 g/mol. The number of anilines is 1. The van der Waals surface area contributed by atoms with Gasteiger partial charge in [0.2, 0.25) is 0 Å². The van der Waals surface area contributed by atoms with Gasteiger partial charge in [0.15, 0.2) is 0 Å². The van der Waals surface area contributed by atoms with Gasteiger partial charge in [0.1, 0.15) is 5.69 Å². The summed E-state index contributed by atoms with van der Waals surface area (Å²) in [7, 11) is 0. The van der Waals surface area contributed by atoms with Crippen LogP contribution >= 0.6 is 23.7 Å². The zero-order valence-electron chi connectivity index (χ0n) is 14.7. The molecule has 2 rings (SSSR count). The Labute approximate surface area is 163 Å². The molecule has 1 heterocycles. The molecule has 0 aliphatic heterocycles. The third kappa shape index (κ3) is 6.99. The highest BCUT2D eigenvalue weighted by molar-refractivity contribution is 7.09. The van der Waals surface area contributed by atoms with Crippen LogP contribution in [-0.4, -0.2) is 29.5 Å². The Morgan fingerprint density at radius 2 is 1.92 bits per heavy atom. The van der Waals surface area contributed by atoms with E-state index in [9.17, 15) is 9.59 Å². The van der Waals surface area contributed by atoms with Crippen LogP contribution in [0.5, 0.6) is 0 Å². The van der Waals surface area contributed by atoms with Crippen LogP contribution in [0.3, 0.4) is 0 Å². The van der Waals surface area contributed by atoms with Crippen molar-refractivity contribution in [3.05, 3.63) is 45.9 Å². The predicted octanol–water partition coefficient (Wildman–Crippen LogP) is 2.53. The smallest absolute Gasteiger partial charge is 0.319 e. The molecular formula is C17H24ClN5O2S. The zero-order chi connectivity index (χ0) is 18.2. The van der Waals surface area contributed by atoms with E-state index in [2.05, 4.69) is 20.9 Å². The summed E-state index contributed by atoms with van der Waals surface area (Å²) < 4.78 is 0. The normalized spacial score (nSPS) is 10.2. The SMILES string of the molecule is CC(C)NC(=O)Nc1ccc(CNC(=O)c2csc(CCN)n2)cc1.Cl. The minimum atomic E-state index is -0.243. The molecule has 142 valence electrons. The van der Waals surface area contributed by atoms with E-state index in [-0.39, 0.29) is 30.4 Å². The summed E-state index contributed by atoms with van der Waals surface area (Å²) in [6.45, 7) is 4.70. The van der Waals surface area contributed by atoms with E-state index < -0.39 is 0 Å². The van der Waals surface area contributed by atoms with Gasteiger partial charge in [0.25, 0.3) is 5.91 Å². The number of urea groups is 1. The maximum Gasteiger partial charge on any atom is 0.319 e. The molecule has 0 spiro atoms. The lowest BCUT2D eigenvalue weighted by Crippen LogP contribution is -2.34. The Bertz CT molecular complexity index is 718. The molecule has 0 aliphatic carbocycles. The maximum atomic E-state index is 12.1. The van der Waals surface area contributed by atoms with Gasteiger partial charge in [-0.2, -0.15) is 0 Å². The number of hydrogen-bond donors (Lipinski definition) is 4. The van der Waals surface area contributed by atoms with E-state index in [0.717, 1.165) is 10.6 Å². The van der Waals surface area contributed by atoms with Crippen molar-refractivity contribution in [1.82, 2.24) is 15.6 Å². The van der Waals surface area contributed by atoms with Gasteiger partial charge in [0, 0.05) is 30.1 Å². The van der Waals surface area contributed by atoms with Crippen molar-refractivity contribution in [2.24, 2.45) is 5.73 Å². The summed E-state index contributed by atoms with van der Waals surface area (Å²) in [6.07, 6.45) is 0.677. The van der Waals surface area contributed by atoms with Crippen LogP contribution in [0.2, 0.25) is 0 Å². The summed E-state index contributed by atoms with van der Waals surface area (Å²) in [5.74, 6) is -0.210. The van der Waals surface area contributed by atoms with Crippen molar-refractivity contribution in [2.45, 2.75) is 32.9 Å². The average Bonchev–Trinajstić information content (AvgIpc) is 3.02. The molecule has 3 amide bonds. The van der Waals surface area contributed by atoms with E-state index >= 15 is 0 Å². The first-order valence-corrected chi connectivity index (χ1v) is 8.95. The van der Waals surface area contributed by atoms with E-state index in [1.807, 2.05) is 26.0 Å². The fourth-order valence-corrected chi connectivity index (χ4v) is 2.86. The number of nitrogens with one attached hydrogen (secondary N) is 3. The second-order valence-corrected chi connectivity index (χ2v) is 6.74. The topological polar surface area (TPSA) is 109 Å². The molecule has 0 unspecified atom stereocenters. The average molecular weight is 398 g/mol. The predicted molar refractivity (Wildman–Crippen MR) is 107 cm³/mol. The van der Waals surface area contributed by atoms with Gasteiger partial charge in [-0.1, -0.05) is 12.1 Å². The van der Waals surface area contributed by atoms with Gasteiger partial charge in [0.05, 0.1) is 5.01 Å². The van der Waals surface area contributed by atoms with Crippen molar-refractivity contribution < 1.29 is 9.59 Å². The number of carbonyl (C=O) groups excluding carboxylic acids is 2. The third-order valence-electron chi connectivity index (χ3n) is 3.23. The van der Waals surface area contributed by atoms with Crippen LogP contribution < -0.4 is 21.7 Å². The van der Waals surface area contributed by atoms with Crippen molar-refractivity contribution in [2.75, 3.05) is 11.9 Å². The quantitative estimate of drug-likeness (QED) is 0.575. The van der Waals surface area contributed by atoms with E-state index in [1.54, 1.807) is 17.5 Å². The highest BCUT2D eigenvalue weighted by Gasteiger charge is 2.10. The first kappa shape index (κ1) is 21.9. The molecule has 0 aliphatic rings. The van der Waals surface area contributed by atoms with E-state index in [4.69, 9.17) is 5.73 Å². The number of aromatic nitrogens is 1. The van der Waals surface area contributed by atoms with Gasteiger partial charge in [-0.3, -0.25) is 4.79 Å². The molecule has 0 atom stereocenters. The Kier molecular flexibility index (Phi) is 9.04. The van der Waals surface area contributed by atoms with Crippen LogP contribution in [0.4, 0.5) is 10.5 Å². The Hall–Kier alpha value is -2.16. The third-order valence-corrected chi connectivity index (χ3v) is 4.14. The lowest BCUT2D eigenvalue weighted by atomic mass is 10.2. The van der Waals surface area contributed by atoms with E-state index in [1.165, 1.54) is 11.3 Å². The van der Waals surface area contributed by atoms with Crippen molar-refractivity contribution >= 4 is 41.4 Å². The van der Waals surface area contributed by atoms with Crippen LogP contribution in [0.25, 0.3) is 0 Å².